The van der Waals surface area contributed by atoms with Crippen LogP contribution in [0.1, 0.15) is 41.6 Å². The molecule has 1 aliphatic rings. The minimum Gasteiger partial charge on any atom is -0.348 e. The number of benzene rings is 2. The Labute approximate surface area is 161 Å². The van der Waals surface area contributed by atoms with Gasteiger partial charge in [-0.2, -0.15) is 4.31 Å². The minimum absolute atomic E-state index is 0.165. The number of hydrogen-bond acceptors (Lipinski definition) is 3. The summed E-state index contributed by atoms with van der Waals surface area (Å²) in [4.78, 5) is 12.5. The number of aryl methyl sites for hydroxylation is 2. The van der Waals surface area contributed by atoms with Crippen molar-refractivity contribution in [3.63, 3.8) is 0 Å². The van der Waals surface area contributed by atoms with Crippen LogP contribution in [-0.2, 0) is 34.2 Å². The Morgan fingerprint density at radius 3 is 2.52 bits per heavy atom. The summed E-state index contributed by atoms with van der Waals surface area (Å²) in [6.07, 6.45) is 4.53. The Morgan fingerprint density at radius 1 is 1.11 bits per heavy atom. The van der Waals surface area contributed by atoms with Crippen LogP contribution in [0.15, 0.2) is 48.5 Å². The zero-order valence-corrected chi connectivity index (χ0v) is 16.6. The molecule has 5 nitrogen and oxygen atoms in total. The molecule has 0 aliphatic heterocycles. The van der Waals surface area contributed by atoms with Gasteiger partial charge in [0.15, 0.2) is 0 Å². The number of hydrogen-bond donors (Lipinski definition) is 1. The molecule has 2 aromatic carbocycles. The van der Waals surface area contributed by atoms with Gasteiger partial charge in [-0.15, -0.1) is 0 Å². The lowest BCUT2D eigenvalue weighted by Crippen LogP contribution is -2.40. The highest BCUT2D eigenvalue weighted by Gasteiger charge is 2.22. The Hall–Kier alpha value is -2.18. The summed E-state index contributed by atoms with van der Waals surface area (Å²) in [7, 11) is -3.49. The molecule has 2 aromatic rings. The standard InChI is InChI=1S/C21H26N2O3S/c1-16(19-12-11-18-9-6-10-20(18)13-19)22-21(24)15-23(27(2,25)26)14-17-7-4-3-5-8-17/h3-5,7-8,11-13,16H,6,9-10,14-15H2,1-2H3,(H,22,24)/t16-/m1/s1. The van der Waals surface area contributed by atoms with Gasteiger partial charge in [0.25, 0.3) is 0 Å². The Morgan fingerprint density at radius 2 is 1.81 bits per heavy atom. The summed E-state index contributed by atoms with van der Waals surface area (Å²) < 4.78 is 25.4. The lowest BCUT2D eigenvalue weighted by Gasteiger charge is -2.21. The van der Waals surface area contributed by atoms with Gasteiger partial charge in [0.1, 0.15) is 0 Å². The monoisotopic (exact) mass is 386 g/mol. The summed E-state index contributed by atoms with van der Waals surface area (Å²) in [5, 5.41) is 2.93. The average Bonchev–Trinajstić information content (AvgIpc) is 3.09. The molecule has 0 saturated heterocycles. The number of sulfonamides is 1. The van der Waals surface area contributed by atoms with Crippen LogP contribution in [0.4, 0.5) is 0 Å². The lowest BCUT2D eigenvalue weighted by molar-refractivity contribution is -0.122. The molecule has 1 atom stereocenters. The SMILES string of the molecule is C[C@@H](NC(=O)CN(Cc1ccccc1)S(C)(=O)=O)c1ccc2c(c1)CCC2. The van der Waals surface area contributed by atoms with E-state index in [0.29, 0.717) is 0 Å². The van der Waals surface area contributed by atoms with Crippen LogP contribution in [0.3, 0.4) is 0 Å². The molecule has 1 N–H and O–H groups in total. The average molecular weight is 387 g/mol. The van der Waals surface area contributed by atoms with Crippen molar-refractivity contribution in [1.82, 2.24) is 9.62 Å². The largest absolute Gasteiger partial charge is 0.348 e. The van der Waals surface area contributed by atoms with Gasteiger partial charge in [-0.25, -0.2) is 8.42 Å². The van der Waals surface area contributed by atoms with E-state index in [2.05, 4.69) is 17.4 Å². The van der Waals surface area contributed by atoms with Crippen molar-refractivity contribution in [2.24, 2.45) is 0 Å². The summed E-state index contributed by atoms with van der Waals surface area (Å²) >= 11 is 0. The number of rotatable bonds is 7. The van der Waals surface area contributed by atoms with E-state index >= 15 is 0 Å². The van der Waals surface area contributed by atoms with Crippen molar-refractivity contribution in [3.05, 3.63) is 70.8 Å². The van der Waals surface area contributed by atoms with Crippen LogP contribution in [0.5, 0.6) is 0 Å². The van der Waals surface area contributed by atoms with Gasteiger partial charge in [0.05, 0.1) is 18.8 Å². The molecule has 6 heteroatoms. The fraction of sp³-hybridized carbons (Fsp3) is 0.381. The van der Waals surface area contributed by atoms with E-state index in [1.807, 2.05) is 43.3 Å². The number of nitrogens with one attached hydrogen (secondary N) is 1. The van der Waals surface area contributed by atoms with Crippen LogP contribution in [-0.4, -0.2) is 31.4 Å². The third-order valence-corrected chi connectivity index (χ3v) is 6.19. The molecule has 27 heavy (non-hydrogen) atoms. The van der Waals surface area contributed by atoms with Crippen molar-refractivity contribution < 1.29 is 13.2 Å². The molecule has 0 radical (unpaired) electrons. The molecule has 0 saturated carbocycles. The van der Waals surface area contributed by atoms with Crippen molar-refractivity contribution in [2.75, 3.05) is 12.8 Å². The van der Waals surface area contributed by atoms with Crippen LogP contribution < -0.4 is 5.32 Å². The first-order valence-corrected chi connectivity index (χ1v) is 11.1. The number of fused-ring (bicyclic) bond motifs is 1. The van der Waals surface area contributed by atoms with Crippen LogP contribution in [0.2, 0.25) is 0 Å². The van der Waals surface area contributed by atoms with Gasteiger partial charge >= 0.3 is 0 Å². The number of amides is 1. The van der Waals surface area contributed by atoms with Gasteiger partial charge in [-0.05, 0) is 48.4 Å². The van der Waals surface area contributed by atoms with E-state index in [1.165, 1.54) is 21.9 Å². The number of carbonyl (C=O) groups excluding carboxylic acids is 1. The summed E-state index contributed by atoms with van der Waals surface area (Å²) in [5.74, 6) is -0.302. The van der Waals surface area contributed by atoms with Gasteiger partial charge < -0.3 is 5.32 Å². The van der Waals surface area contributed by atoms with E-state index in [1.54, 1.807) is 0 Å². The quantitative estimate of drug-likeness (QED) is 0.796. The van der Waals surface area contributed by atoms with Gasteiger partial charge in [-0.3, -0.25) is 4.79 Å². The highest BCUT2D eigenvalue weighted by molar-refractivity contribution is 7.88. The highest BCUT2D eigenvalue weighted by atomic mass is 32.2. The second kappa shape index (κ2) is 8.23. The molecular formula is C21H26N2O3S. The fourth-order valence-electron chi connectivity index (χ4n) is 3.47. The lowest BCUT2D eigenvalue weighted by atomic mass is 10.0. The fourth-order valence-corrected chi connectivity index (χ4v) is 4.20. The molecule has 1 amide bonds. The second-order valence-electron chi connectivity index (χ2n) is 7.19. The zero-order valence-electron chi connectivity index (χ0n) is 15.8. The minimum atomic E-state index is -3.49. The molecule has 0 fully saturated rings. The van der Waals surface area contributed by atoms with Gasteiger partial charge in [0, 0.05) is 6.54 Å². The normalized spacial score (nSPS) is 14.8. The van der Waals surface area contributed by atoms with E-state index in [9.17, 15) is 13.2 Å². The number of nitrogens with zero attached hydrogens (tertiary/aromatic N) is 1. The van der Waals surface area contributed by atoms with Gasteiger partial charge in [-0.1, -0.05) is 48.5 Å². The molecular weight excluding hydrogens is 360 g/mol. The van der Waals surface area contributed by atoms with Crippen LogP contribution >= 0.6 is 0 Å². The van der Waals surface area contributed by atoms with E-state index in [-0.39, 0.29) is 25.0 Å². The Kier molecular flexibility index (Phi) is 5.97. The smallest absolute Gasteiger partial charge is 0.235 e. The maximum absolute atomic E-state index is 12.5. The summed E-state index contributed by atoms with van der Waals surface area (Å²) in [6.45, 7) is 1.92. The van der Waals surface area contributed by atoms with E-state index in [4.69, 9.17) is 0 Å². The molecule has 0 bridgehead atoms. The number of carbonyl (C=O) groups is 1. The van der Waals surface area contributed by atoms with Crippen molar-refractivity contribution in [2.45, 2.75) is 38.8 Å². The zero-order chi connectivity index (χ0) is 19.4. The first kappa shape index (κ1) is 19.6. The highest BCUT2D eigenvalue weighted by Crippen LogP contribution is 2.25. The molecule has 0 aromatic heterocycles. The predicted octanol–water partition coefficient (Wildman–Crippen LogP) is 2.81. The Balaban J connectivity index is 1.65. The third-order valence-electron chi connectivity index (χ3n) is 4.99. The van der Waals surface area contributed by atoms with Crippen LogP contribution in [0.25, 0.3) is 0 Å². The molecule has 1 aliphatic carbocycles. The second-order valence-corrected chi connectivity index (χ2v) is 9.17. The first-order chi connectivity index (χ1) is 12.8. The van der Waals surface area contributed by atoms with Crippen molar-refractivity contribution in [3.8, 4) is 0 Å². The van der Waals surface area contributed by atoms with E-state index < -0.39 is 10.0 Å². The maximum atomic E-state index is 12.5. The molecule has 0 unspecified atom stereocenters. The molecule has 0 spiro atoms. The topological polar surface area (TPSA) is 66.5 Å². The van der Waals surface area contributed by atoms with Gasteiger partial charge in [0.2, 0.25) is 15.9 Å². The summed E-state index contributed by atoms with van der Waals surface area (Å²) in [5.41, 5.74) is 4.65. The Bertz CT molecular complexity index is 910. The van der Waals surface area contributed by atoms with Crippen LogP contribution in [0, 0.1) is 0 Å². The van der Waals surface area contributed by atoms with E-state index in [0.717, 1.165) is 30.2 Å². The third kappa shape index (κ3) is 5.17. The van der Waals surface area contributed by atoms with Crippen molar-refractivity contribution in [1.29, 1.82) is 0 Å². The van der Waals surface area contributed by atoms with Crippen molar-refractivity contribution >= 4 is 15.9 Å². The summed E-state index contributed by atoms with van der Waals surface area (Å²) in [6, 6.07) is 15.5. The first-order valence-electron chi connectivity index (χ1n) is 9.23. The molecule has 3 rings (SSSR count). The molecule has 144 valence electrons. The maximum Gasteiger partial charge on any atom is 0.235 e. The predicted molar refractivity (Wildman–Crippen MR) is 107 cm³/mol. The molecule has 0 heterocycles.